The van der Waals surface area contributed by atoms with Crippen LogP contribution in [-0.4, -0.2) is 54.7 Å². The third-order valence-electron chi connectivity index (χ3n) is 3.35. The standard InChI is InChI=1S/C10H18N2O2.C2H6/c1-3-14-9(13)12-7-6-11(2)10(8-12)4-5-10;1-2/h3-8H2,1-2H3;1-2H3. The molecule has 2 aliphatic rings. The lowest BCUT2D eigenvalue weighted by atomic mass is 10.1. The summed E-state index contributed by atoms with van der Waals surface area (Å²) in [7, 11) is 2.15. The molecule has 0 aromatic rings. The molecule has 2 rings (SSSR count). The van der Waals surface area contributed by atoms with Crippen LogP contribution >= 0.6 is 0 Å². The van der Waals surface area contributed by atoms with Gasteiger partial charge in [0, 0.05) is 25.2 Å². The fraction of sp³-hybridized carbons (Fsp3) is 0.917. The van der Waals surface area contributed by atoms with Gasteiger partial charge in [0.2, 0.25) is 0 Å². The van der Waals surface area contributed by atoms with Crippen LogP contribution in [0.15, 0.2) is 0 Å². The average Bonchev–Trinajstić information content (AvgIpc) is 3.06. The Labute approximate surface area is 98.5 Å². The third kappa shape index (κ3) is 2.67. The van der Waals surface area contributed by atoms with Crippen LogP contribution in [0.1, 0.15) is 33.6 Å². The largest absolute Gasteiger partial charge is 0.450 e. The van der Waals surface area contributed by atoms with Crippen LogP contribution in [0, 0.1) is 0 Å². The Bertz CT molecular complexity index is 239. The number of ether oxygens (including phenoxy) is 1. The van der Waals surface area contributed by atoms with Crippen molar-refractivity contribution >= 4 is 6.09 Å². The molecule has 1 saturated carbocycles. The second kappa shape index (κ2) is 5.53. The molecule has 4 nitrogen and oxygen atoms in total. The number of piperazine rings is 1. The van der Waals surface area contributed by atoms with Gasteiger partial charge in [0.15, 0.2) is 0 Å². The Hall–Kier alpha value is -0.770. The summed E-state index contributed by atoms with van der Waals surface area (Å²) in [5.41, 5.74) is 0.297. The highest BCUT2D eigenvalue weighted by atomic mass is 16.6. The maximum Gasteiger partial charge on any atom is 0.409 e. The molecule has 1 spiro atoms. The molecule has 0 aromatic carbocycles. The molecule has 0 aromatic heterocycles. The van der Waals surface area contributed by atoms with Gasteiger partial charge in [0.25, 0.3) is 0 Å². The molecule has 2 fully saturated rings. The summed E-state index contributed by atoms with van der Waals surface area (Å²) in [6, 6.07) is 0. The van der Waals surface area contributed by atoms with Crippen molar-refractivity contribution < 1.29 is 9.53 Å². The van der Waals surface area contributed by atoms with Gasteiger partial charge in [-0.15, -0.1) is 0 Å². The van der Waals surface area contributed by atoms with E-state index in [0.717, 1.165) is 19.6 Å². The van der Waals surface area contributed by atoms with Gasteiger partial charge in [0.05, 0.1) is 6.61 Å². The van der Waals surface area contributed by atoms with Crippen LogP contribution in [0.2, 0.25) is 0 Å². The highest BCUT2D eigenvalue weighted by Gasteiger charge is 2.50. The Morgan fingerprint density at radius 1 is 1.31 bits per heavy atom. The number of nitrogens with zero attached hydrogens (tertiary/aromatic N) is 2. The van der Waals surface area contributed by atoms with Crippen LogP contribution in [0.5, 0.6) is 0 Å². The van der Waals surface area contributed by atoms with E-state index in [2.05, 4.69) is 11.9 Å². The van der Waals surface area contributed by atoms with Crippen molar-refractivity contribution in [2.75, 3.05) is 33.3 Å². The minimum Gasteiger partial charge on any atom is -0.450 e. The summed E-state index contributed by atoms with van der Waals surface area (Å²) in [5, 5.41) is 0. The number of likely N-dealkylation sites (N-methyl/N-ethyl adjacent to an activating group) is 1. The number of carbonyl (C=O) groups is 1. The van der Waals surface area contributed by atoms with E-state index in [1.54, 1.807) is 0 Å². The molecule has 1 amide bonds. The molecule has 1 aliphatic heterocycles. The van der Waals surface area contributed by atoms with Crippen LogP contribution < -0.4 is 0 Å². The van der Waals surface area contributed by atoms with Gasteiger partial charge in [-0.3, -0.25) is 4.90 Å². The molecular weight excluding hydrogens is 204 g/mol. The summed E-state index contributed by atoms with van der Waals surface area (Å²) in [4.78, 5) is 15.7. The highest BCUT2D eigenvalue weighted by molar-refractivity contribution is 5.68. The van der Waals surface area contributed by atoms with Crippen LogP contribution in [0.4, 0.5) is 4.79 Å². The molecule has 1 saturated heterocycles. The zero-order valence-corrected chi connectivity index (χ0v) is 11.0. The summed E-state index contributed by atoms with van der Waals surface area (Å²) in [6.45, 7) is 8.94. The number of amides is 1. The van der Waals surface area contributed by atoms with Gasteiger partial charge in [-0.25, -0.2) is 4.79 Å². The molecular formula is C12H24N2O2. The smallest absolute Gasteiger partial charge is 0.409 e. The van der Waals surface area contributed by atoms with E-state index in [-0.39, 0.29) is 6.09 Å². The lowest BCUT2D eigenvalue weighted by molar-refractivity contribution is 0.0550. The predicted octanol–water partition coefficient (Wildman–Crippen LogP) is 1.95. The summed E-state index contributed by atoms with van der Waals surface area (Å²) >= 11 is 0. The Balaban J connectivity index is 0.000000606. The Kier molecular flexibility index (Phi) is 4.59. The van der Waals surface area contributed by atoms with Crippen LogP contribution in [0.25, 0.3) is 0 Å². The minimum atomic E-state index is -0.146. The Morgan fingerprint density at radius 3 is 2.44 bits per heavy atom. The van der Waals surface area contributed by atoms with Crippen molar-refractivity contribution in [3.05, 3.63) is 0 Å². The second-order valence-electron chi connectivity index (χ2n) is 4.27. The van der Waals surface area contributed by atoms with Gasteiger partial charge in [-0.1, -0.05) is 13.8 Å². The van der Waals surface area contributed by atoms with E-state index in [4.69, 9.17) is 4.74 Å². The first-order valence-corrected chi connectivity index (χ1v) is 6.31. The first-order chi connectivity index (χ1) is 7.68. The van der Waals surface area contributed by atoms with Crippen LogP contribution in [0.3, 0.4) is 0 Å². The number of hydrogen-bond acceptors (Lipinski definition) is 3. The van der Waals surface area contributed by atoms with E-state index in [0.29, 0.717) is 12.1 Å². The molecule has 16 heavy (non-hydrogen) atoms. The third-order valence-corrected chi connectivity index (χ3v) is 3.35. The molecule has 0 bridgehead atoms. The van der Waals surface area contributed by atoms with Crippen LogP contribution in [-0.2, 0) is 4.74 Å². The molecule has 0 unspecified atom stereocenters. The first-order valence-electron chi connectivity index (χ1n) is 6.31. The quantitative estimate of drug-likeness (QED) is 0.687. The number of carbonyl (C=O) groups excluding carboxylic acids is 1. The molecule has 1 heterocycles. The van der Waals surface area contributed by atoms with Gasteiger partial charge in [-0.05, 0) is 26.8 Å². The molecule has 0 N–H and O–H groups in total. The van der Waals surface area contributed by atoms with Gasteiger partial charge >= 0.3 is 6.09 Å². The molecule has 1 aliphatic carbocycles. The predicted molar refractivity (Wildman–Crippen MR) is 64.5 cm³/mol. The normalized spacial score (nSPS) is 22.4. The van der Waals surface area contributed by atoms with Crippen molar-refractivity contribution in [3.8, 4) is 0 Å². The summed E-state index contributed by atoms with van der Waals surface area (Å²) in [5.74, 6) is 0. The highest BCUT2D eigenvalue weighted by Crippen LogP contribution is 2.43. The van der Waals surface area contributed by atoms with E-state index in [9.17, 15) is 4.79 Å². The van der Waals surface area contributed by atoms with E-state index in [1.165, 1.54) is 12.8 Å². The first kappa shape index (κ1) is 13.3. The fourth-order valence-corrected chi connectivity index (χ4v) is 2.12. The topological polar surface area (TPSA) is 32.8 Å². The van der Waals surface area contributed by atoms with E-state index in [1.807, 2.05) is 25.7 Å². The molecule has 94 valence electrons. The monoisotopic (exact) mass is 228 g/mol. The van der Waals surface area contributed by atoms with Crippen molar-refractivity contribution in [1.29, 1.82) is 0 Å². The molecule has 0 radical (unpaired) electrons. The SMILES string of the molecule is CC.CCOC(=O)N1CCN(C)C2(CC2)C1. The minimum absolute atomic E-state index is 0.146. The maximum atomic E-state index is 11.5. The lowest BCUT2D eigenvalue weighted by Gasteiger charge is -2.39. The van der Waals surface area contributed by atoms with Crippen molar-refractivity contribution in [2.24, 2.45) is 0 Å². The average molecular weight is 228 g/mol. The molecule has 0 atom stereocenters. The van der Waals surface area contributed by atoms with Crippen molar-refractivity contribution in [1.82, 2.24) is 9.80 Å². The van der Waals surface area contributed by atoms with Crippen molar-refractivity contribution in [2.45, 2.75) is 39.2 Å². The number of hydrogen-bond donors (Lipinski definition) is 0. The van der Waals surface area contributed by atoms with Gasteiger partial charge < -0.3 is 9.64 Å². The zero-order valence-electron chi connectivity index (χ0n) is 11.0. The maximum absolute atomic E-state index is 11.5. The summed E-state index contributed by atoms with van der Waals surface area (Å²) in [6.07, 6.45) is 2.30. The van der Waals surface area contributed by atoms with E-state index < -0.39 is 0 Å². The Morgan fingerprint density at radius 2 is 1.94 bits per heavy atom. The fourth-order valence-electron chi connectivity index (χ4n) is 2.12. The second-order valence-corrected chi connectivity index (χ2v) is 4.27. The lowest BCUT2D eigenvalue weighted by Crippen LogP contribution is -2.54. The summed E-state index contributed by atoms with van der Waals surface area (Å²) < 4.78 is 5.01. The van der Waals surface area contributed by atoms with Gasteiger partial charge in [-0.2, -0.15) is 0 Å². The van der Waals surface area contributed by atoms with Crippen molar-refractivity contribution in [3.63, 3.8) is 0 Å². The van der Waals surface area contributed by atoms with E-state index >= 15 is 0 Å². The molecule has 4 heteroatoms. The number of rotatable bonds is 1. The van der Waals surface area contributed by atoms with Gasteiger partial charge in [0.1, 0.15) is 0 Å². The zero-order chi connectivity index (χ0) is 12.2.